The van der Waals surface area contributed by atoms with Gasteiger partial charge in [0.25, 0.3) is 0 Å². The van der Waals surface area contributed by atoms with E-state index in [1.165, 1.54) is 22.3 Å². The summed E-state index contributed by atoms with van der Waals surface area (Å²) in [7, 11) is 0. The lowest BCUT2D eigenvalue weighted by atomic mass is 9.85. The van der Waals surface area contributed by atoms with E-state index >= 15 is 0 Å². The number of hydrogen-bond acceptors (Lipinski definition) is 2. The molecule has 138 valence electrons. The zero-order chi connectivity index (χ0) is 19.3. The van der Waals surface area contributed by atoms with Crippen LogP contribution in [-0.2, 0) is 10.8 Å². The largest absolute Gasteiger partial charge is 0.440 e. The summed E-state index contributed by atoms with van der Waals surface area (Å²) in [6, 6.07) is 13.1. The SMILES string of the molecule is Cc1cc(C(C)(C)C)cc(C)c1Nc1cc2cc(C(C)(C)C)ccc2o1. The number of furan rings is 1. The van der Waals surface area contributed by atoms with E-state index in [0.29, 0.717) is 0 Å². The number of rotatable bonds is 2. The molecule has 1 aromatic heterocycles. The molecule has 2 aromatic carbocycles. The second-order valence-electron chi connectivity index (χ2n) is 9.47. The Bertz CT molecular complexity index is 925. The van der Waals surface area contributed by atoms with Crippen molar-refractivity contribution in [2.75, 3.05) is 5.32 Å². The van der Waals surface area contributed by atoms with Crippen molar-refractivity contribution in [3.05, 3.63) is 58.7 Å². The predicted molar refractivity (Wildman–Crippen MR) is 113 cm³/mol. The van der Waals surface area contributed by atoms with Crippen molar-refractivity contribution in [3.8, 4) is 0 Å². The van der Waals surface area contributed by atoms with E-state index in [0.717, 1.165) is 22.5 Å². The third kappa shape index (κ3) is 3.65. The first kappa shape index (κ1) is 18.6. The molecule has 0 saturated carbocycles. The molecule has 1 heterocycles. The van der Waals surface area contributed by atoms with Gasteiger partial charge >= 0.3 is 0 Å². The van der Waals surface area contributed by atoms with Crippen LogP contribution in [-0.4, -0.2) is 0 Å². The zero-order valence-electron chi connectivity index (χ0n) is 17.4. The van der Waals surface area contributed by atoms with Gasteiger partial charge in [0.1, 0.15) is 5.58 Å². The quantitative estimate of drug-likeness (QED) is 0.522. The molecular formula is C24H31NO. The van der Waals surface area contributed by atoms with Gasteiger partial charge < -0.3 is 9.73 Å². The molecule has 0 saturated heterocycles. The molecule has 0 radical (unpaired) electrons. The first-order valence-corrected chi connectivity index (χ1v) is 9.38. The van der Waals surface area contributed by atoms with Crippen LogP contribution in [0.4, 0.5) is 11.6 Å². The number of nitrogens with one attached hydrogen (secondary N) is 1. The summed E-state index contributed by atoms with van der Waals surface area (Å²) in [5.41, 5.74) is 7.50. The van der Waals surface area contributed by atoms with E-state index in [9.17, 15) is 0 Å². The van der Waals surface area contributed by atoms with E-state index < -0.39 is 0 Å². The Labute approximate surface area is 157 Å². The molecule has 0 fully saturated rings. The van der Waals surface area contributed by atoms with Gasteiger partial charge in [-0.05, 0) is 59.1 Å². The molecule has 3 rings (SSSR count). The van der Waals surface area contributed by atoms with Crippen molar-refractivity contribution in [1.29, 1.82) is 0 Å². The van der Waals surface area contributed by atoms with Crippen molar-refractivity contribution in [3.63, 3.8) is 0 Å². The maximum atomic E-state index is 6.04. The minimum absolute atomic E-state index is 0.134. The van der Waals surface area contributed by atoms with E-state index in [2.05, 4.69) is 97.1 Å². The standard InChI is InChI=1S/C24H31NO/c1-15-11-19(24(6,7)8)12-16(2)22(15)25-21-14-17-13-18(23(3,4)5)9-10-20(17)26-21/h9-14,25H,1-8H3. The highest BCUT2D eigenvalue weighted by Crippen LogP contribution is 2.34. The van der Waals surface area contributed by atoms with E-state index in [4.69, 9.17) is 4.42 Å². The minimum atomic E-state index is 0.134. The molecule has 26 heavy (non-hydrogen) atoms. The lowest BCUT2D eigenvalue weighted by Crippen LogP contribution is -2.12. The van der Waals surface area contributed by atoms with Crippen molar-refractivity contribution in [2.45, 2.75) is 66.2 Å². The van der Waals surface area contributed by atoms with Crippen LogP contribution >= 0.6 is 0 Å². The topological polar surface area (TPSA) is 25.2 Å². The van der Waals surface area contributed by atoms with Crippen LogP contribution < -0.4 is 5.32 Å². The molecule has 0 bridgehead atoms. The maximum Gasteiger partial charge on any atom is 0.198 e. The monoisotopic (exact) mass is 349 g/mol. The summed E-state index contributed by atoms with van der Waals surface area (Å²) >= 11 is 0. The molecule has 2 nitrogen and oxygen atoms in total. The van der Waals surface area contributed by atoms with Gasteiger partial charge in [-0.3, -0.25) is 0 Å². The molecular weight excluding hydrogens is 318 g/mol. The lowest BCUT2D eigenvalue weighted by molar-refractivity contribution is 0.589. The molecule has 0 atom stereocenters. The fourth-order valence-corrected chi connectivity index (χ4v) is 3.29. The number of benzene rings is 2. The number of aryl methyl sites for hydroxylation is 2. The molecule has 3 aromatic rings. The van der Waals surface area contributed by atoms with Crippen molar-refractivity contribution in [1.82, 2.24) is 0 Å². The molecule has 0 aliphatic carbocycles. The van der Waals surface area contributed by atoms with E-state index in [-0.39, 0.29) is 10.8 Å². The van der Waals surface area contributed by atoms with Gasteiger partial charge in [-0.2, -0.15) is 0 Å². The smallest absolute Gasteiger partial charge is 0.198 e. The van der Waals surface area contributed by atoms with E-state index in [1.807, 2.05) is 0 Å². The van der Waals surface area contributed by atoms with Crippen LogP contribution in [0, 0.1) is 13.8 Å². The van der Waals surface area contributed by atoms with Gasteiger partial charge in [0.05, 0.1) is 0 Å². The highest BCUT2D eigenvalue weighted by atomic mass is 16.3. The Morgan fingerprint density at radius 3 is 1.85 bits per heavy atom. The summed E-state index contributed by atoms with van der Waals surface area (Å²) in [6.07, 6.45) is 0. The van der Waals surface area contributed by atoms with Crippen molar-refractivity contribution >= 4 is 22.5 Å². The average molecular weight is 350 g/mol. The fourth-order valence-electron chi connectivity index (χ4n) is 3.29. The van der Waals surface area contributed by atoms with Gasteiger partial charge in [0, 0.05) is 17.1 Å². The third-order valence-electron chi connectivity index (χ3n) is 5.03. The Morgan fingerprint density at radius 2 is 1.31 bits per heavy atom. The van der Waals surface area contributed by atoms with E-state index in [1.54, 1.807) is 0 Å². The van der Waals surface area contributed by atoms with Crippen LogP contribution in [0.5, 0.6) is 0 Å². The van der Waals surface area contributed by atoms with Gasteiger partial charge in [-0.1, -0.05) is 59.7 Å². The van der Waals surface area contributed by atoms with Gasteiger partial charge in [-0.15, -0.1) is 0 Å². The van der Waals surface area contributed by atoms with Crippen molar-refractivity contribution in [2.24, 2.45) is 0 Å². The van der Waals surface area contributed by atoms with Crippen LogP contribution in [0.25, 0.3) is 11.0 Å². The third-order valence-corrected chi connectivity index (χ3v) is 5.03. The molecule has 0 unspecified atom stereocenters. The summed E-state index contributed by atoms with van der Waals surface area (Å²) in [4.78, 5) is 0. The van der Waals surface area contributed by atoms with Gasteiger partial charge in [0.15, 0.2) is 5.88 Å². The Balaban J connectivity index is 1.96. The van der Waals surface area contributed by atoms with Crippen LogP contribution in [0.15, 0.2) is 40.8 Å². The summed E-state index contributed by atoms with van der Waals surface area (Å²) in [5, 5.41) is 4.64. The molecule has 0 aliphatic heterocycles. The average Bonchev–Trinajstić information content (AvgIpc) is 2.90. The molecule has 0 spiro atoms. The maximum absolute atomic E-state index is 6.04. The van der Waals surface area contributed by atoms with Gasteiger partial charge in [0.2, 0.25) is 0 Å². The van der Waals surface area contributed by atoms with Crippen LogP contribution in [0.1, 0.15) is 63.8 Å². The first-order chi connectivity index (χ1) is 11.9. The second kappa shape index (κ2) is 6.19. The highest BCUT2D eigenvalue weighted by Gasteiger charge is 2.18. The zero-order valence-corrected chi connectivity index (χ0v) is 17.4. The highest BCUT2D eigenvalue weighted by molar-refractivity contribution is 5.83. The molecule has 2 heteroatoms. The normalized spacial score (nSPS) is 12.6. The molecule has 1 N–H and O–H groups in total. The van der Waals surface area contributed by atoms with Gasteiger partial charge in [-0.25, -0.2) is 0 Å². The molecule has 0 amide bonds. The minimum Gasteiger partial charge on any atom is -0.440 e. The predicted octanol–water partition coefficient (Wildman–Crippen LogP) is 7.39. The Kier molecular flexibility index (Phi) is 4.42. The summed E-state index contributed by atoms with van der Waals surface area (Å²) < 4.78 is 6.04. The number of hydrogen-bond donors (Lipinski definition) is 1. The summed E-state index contributed by atoms with van der Waals surface area (Å²) in [6.45, 7) is 17.8. The number of fused-ring (bicyclic) bond motifs is 1. The summed E-state index contributed by atoms with van der Waals surface area (Å²) in [5.74, 6) is 0.792. The van der Waals surface area contributed by atoms with Crippen LogP contribution in [0.2, 0.25) is 0 Å². The second-order valence-corrected chi connectivity index (χ2v) is 9.47. The Hall–Kier alpha value is -2.22. The Morgan fingerprint density at radius 1 is 0.731 bits per heavy atom. The lowest BCUT2D eigenvalue weighted by Gasteiger charge is -2.22. The van der Waals surface area contributed by atoms with Crippen LogP contribution in [0.3, 0.4) is 0 Å². The first-order valence-electron chi connectivity index (χ1n) is 9.38. The van der Waals surface area contributed by atoms with Crippen molar-refractivity contribution < 1.29 is 4.42 Å². The fraction of sp³-hybridized carbons (Fsp3) is 0.417. The number of anilines is 2. The molecule has 0 aliphatic rings.